The average Bonchev–Trinajstić information content (AvgIpc) is 2.60. The molecule has 2 aromatic rings. The average molecular weight is 399 g/mol. The van der Waals surface area contributed by atoms with Gasteiger partial charge in [-0.2, -0.15) is 0 Å². The van der Waals surface area contributed by atoms with Crippen LogP contribution >= 0.6 is 0 Å². The number of methoxy groups -OCH3 is 2. The summed E-state index contributed by atoms with van der Waals surface area (Å²) < 4.78 is 56.7. The number of hydrogen-bond acceptors (Lipinski definition) is 6. The lowest BCUT2D eigenvalue weighted by molar-refractivity contribution is -0.274. The van der Waals surface area contributed by atoms with E-state index in [0.717, 1.165) is 12.1 Å². The molecule has 0 radical (unpaired) electrons. The Kier molecular flexibility index (Phi) is 6.71. The quantitative estimate of drug-likeness (QED) is 0.625. The van der Waals surface area contributed by atoms with Crippen molar-refractivity contribution in [3.05, 3.63) is 41.7 Å². The molecule has 0 fully saturated rings. The van der Waals surface area contributed by atoms with Gasteiger partial charge in [-0.3, -0.25) is 4.98 Å². The normalized spacial score (nSPS) is 11.3. The molecule has 0 aliphatic rings. The Balaban J connectivity index is 2.40. The van der Waals surface area contributed by atoms with Gasteiger partial charge in [-0.25, -0.2) is 4.79 Å². The molecule has 1 aromatic heterocycles. The van der Waals surface area contributed by atoms with Gasteiger partial charge in [0.05, 0.1) is 14.2 Å². The van der Waals surface area contributed by atoms with E-state index < -0.39 is 18.1 Å². The van der Waals surface area contributed by atoms with Crippen LogP contribution in [0.5, 0.6) is 23.0 Å². The molecule has 0 amide bonds. The van der Waals surface area contributed by atoms with Crippen LogP contribution in [0.2, 0.25) is 0 Å². The Bertz CT molecular complexity index is 837. The number of carbonyl (C=O) groups is 1. The van der Waals surface area contributed by atoms with E-state index in [2.05, 4.69) is 9.72 Å². The first kappa shape index (κ1) is 21.3. The minimum Gasteiger partial charge on any atom is -0.493 e. The Hall–Kier alpha value is -2.97. The van der Waals surface area contributed by atoms with Crippen LogP contribution in [-0.2, 0) is 11.2 Å². The molecule has 0 spiro atoms. The summed E-state index contributed by atoms with van der Waals surface area (Å²) in [6.07, 6.45) is -2.85. The molecule has 0 saturated carbocycles. The maximum atomic E-state index is 12.4. The van der Waals surface area contributed by atoms with E-state index in [9.17, 15) is 18.0 Å². The lowest BCUT2D eigenvalue weighted by atomic mass is 10.1. The van der Waals surface area contributed by atoms with Gasteiger partial charge in [0.2, 0.25) is 0 Å². The van der Waals surface area contributed by atoms with E-state index in [0.29, 0.717) is 18.0 Å². The van der Waals surface area contributed by atoms with Crippen molar-refractivity contribution in [3.63, 3.8) is 0 Å². The number of alkyl halides is 3. The third-order valence-electron chi connectivity index (χ3n) is 3.53. The van der Waals surface area contributed by atoms with Gasteiger partial charge < -0.3 is 18.9 Å². The first-order valence-corrected chi connectivity index (χ1v) is 8.31. The van der Waals surface area contributed by atoms with Crippen LogP contribution < -0.4 is 14.2 Å². The van der Waals surface area contributed by atoms with Crippen LogP contribution in [0.1, 0.15) is 29.9 Å². The lowest BCUT2D eigenvalue weighted by Crippen LogP contribution is -2.17. The van der Waals surface area contributed by atoms with Crippen molar-refractivity contribution < 1.29 is 36.9 Å². The maximum absolute atomic E-state index is 12.4. The molecule has 0 aliphatic heterocycles. The van der Waals surface area contributed by atoms with Gasteiger partial charge in [-0.05, 0) is 24.5 Å². The number of pyridine rings is 1. The second-order valence-corrected chi connectivity index (χ2v) is 6.22. The molecule has 28 heavy (non-hydrogen) atoms. The summed E-state index contributed by atoms with van der Waals surface area (Å²) in [4.78, 5) is 16.2. The monoisotopic (exact) mass is 399 g/mol. The number of halogens is 3. The second kappa shape index (κ2) is 8.81. The fraction of sp³-hybridized carbons (Fsp3) is 0.368. The first-order valence-electron chi connectivity index (χ1n) is 8.31. The van der Waals surface area contributed by atoms with Crippen LogP contribution in [0.3, 0.4) is 0 Å². The van der Waals surface area contributed by atoms with Crippen molar-refractivity contribution in [1.82, 2.24) is 4.98 Å². The van der Waals surface area contributed by atoms with Crippen LogP contribution in [0.15, 0.2) is 30.5 Å². The molecule has 0 bridgehead atoms. The third-order valence-corrected chi connectivity index (χ3v) is 3.53. The van der Waals surface area contributed by atoms with Gasteiger partial charge in [0, 0.05) is 24.0 Å². The highest BCUT2D eigenvalue weighted by Gasteiger charge is 2.31. The fourth-order valence-electron chi connectivity index (χ4n) is 2.40. The lowest BCUT2D eigenvalue weighted by Gasteiger charge is -2.15. The van der Waals surface area contributed by atoms with Crippen LogP contribution in [0.25, 0.3) is 0 Å². The molecular formula is C19H20F3NO5. The molecule has 0 unspecified atom stereocenters. The van der Waals surface area contributed by atoms with Gasteiger partial charge >= 0.3 is 12.3 Å². The number of hydrogen-bond donors (Lipinski definition) is 0. The minimum atomic E-state index is -4.83. The molecule has 2 rings (SSSR count). The van der Waals surface area contributed by atoms with Crippen molar-refractivity contribution in [3.8, 4) is 23.0 Å². The van der Waals surface area contributed by atoms with E-state index in [1.165, 1.54) is 26.5 Å². The van der Waals surface area contributed by atoms with E-state index in [4.69, 9.17) is 14.2 Å². The van der Waals surface area contributed by atoms with E-state index >= 15 is 0 Å². The van der Waals surface area contributed by atoms with Gasteiger partial charge in [-0.1, -0.05) is 13.8 Å². The number of rotatable bonds is 7. The Labute approximate surface area is 160 Å². The van der Waals surface area contributed by atoms with Gasteiger partial charge in [0.1, 0.15) is 17.1 Å². The number of nitrogens with zero attached hydrogens (tertiary/aromatic N) is 1. The summed E-state index contributed by atoms with van der Waals surface area (Å²) in [6.45, 7) is 4.03. The minimum absolute atomic E-state index is 0.000197. The molecule has 152 valence electrons. The van der Waals surface area contributed by atoms with E-state index in [1.807, 2.05) is 13.8 Å². The molecule has 0 atom stereocenters. The SMILES string of the molecule is COC(=O)c1cnc(CC(C)C)cc1Oc1ccc(OC(F)(F)F)cc1OC. The molecule has 1 aromatic carbocycles. The molecule has 0 saturated heterocycles. The zero-order chi connectivity index (χ0) is 20.9. The van der Waals surface area contributed by atoms with Crippen molar-refractivity contribution in [2.24, 2.45) is 5.92 Å². The van der Waals surface area contributed by atoms with Crippen LogP contribution in [0.4, 0.5) is 13.2 Å². The highest BCUT2D eigenvalue weighted by molar-refractivity contribution is 5.92. The summed E-state index contributed by atoms with van der Waals surface area (Å²) in [7, 11) is 2.50. The van der Waals surface area contributed by atoms with Crippen molar-refractivity contribution in [2.45, 2.75) is 26.6 Å². The van der Waals surface area contributed by atoms with Gasteiger partial charge in [0.25, 0.3) is 0 Å². The molecule has 0 N–H and O–H groups in total. The van der Waals surface area contributed by atoms with Crippen molar-refractivity contribution in [2.75, 3.05) is 14.2 Å². The van der Waals surface area contributed by atoms with E-state index in [-0.39, 0.29) is 22.8 Å². The van der Waals surface area contributed by atoms with Gasteiger partial charge in [-0.15, -0.1) is 13.2 Å². The second-order valence-electron chi connectivity index (χ2n) is 6.22. The highest BCUT2D eigenvalue weighted by Crippen LogP contribution is 2.37. The number of carbonyl (C=O) groups excluding carboxylic acids is 1. The smallest absolute Gasteiger partial charge is 0.493 e. The standard InChI is InChI=1S/C19H20F3NO5/c1-11(2)7-12-8-16(14(10-23-12)18(24)26-4)27-15-6-5-13(9-17(15)25-3)28-19(20,21)22/h5-6,8-11H,7H2,1-4H3. The largest absolute Gasteiger partial charge is 0.573 e. The zero-order valence-electron chi connectivity index (χ0n) is 15.8. The molecular weight excluding hydrogens is 379 g/mol. The van der Waals surface area contributed by atoms with E-state index in [1.54, 1.807) is 6.07 Å². The summed E-state index contributed by atoms with van der Waals surface area (Å²) in [6, 6.07) is 4.96. The Morgan fingerprint density at radius 1 is 1.11 bits per heavy atom. The molecule has 0 aliphatic carbocycles. The number of ether oxygens (including phenoxy) is 4. The predicted molar refractivity (Wildman–Crippen MR) is 93.9 cm³/mol. The molecule has 9 heteroatoms. The maximum Gasteiger partial charge on any atom is 0.573 e. The summed E-state index contributed by atoms with van der Waals surface area (Å²) >= 11 is 0. The Morgan fingerprint density at radius 3 is 2.39 bits per heavy atom. The summed E-state index contributed by atoms with van der Waals surface area (Å²) in [5, 5.41) is 0. The third kappa shape index (κ3) is 5.77. The Morgan fingerprint density at radius 2 is 1.82 bits per heavy atom. The number of benzene rings is 1. The topological polar surface area (TPSA) is 66.9 Å². The highest BCUT2D eigenvalue weighted by atomic mass is 19.4. The van der Waals surface area contributed by atoms with Crippen LogP contribution in [-0.4, -0.2) is 31.5 Å². The summed E-state index contributed by atoms with van der Waals surface area (Å²) in [5.74, 6) is -0.545. The van der Waals surface area contributed by atoms with Gasteiger partial charge in [0.15, 0.2) is 11.5 Å². The van der Waals surface area contributed by atoms with Crippen molar-refractivity contribution >= 4 is 5.97 Å². The zero-order valence-corrected chi connectivity index (χ0v) is 15.8. The fourth-order valence-corrected chi connectivity index (χ4v) is 2.40. The number of aromatic nitrogens is 1. The number of esters is 1. The molecule has 6 nitrogen and oxygen atoms in total. The summed E-state index contributed by atoms with van der Waals surface area (Å²) in [5.41, 5.74) is 0.765. The molecule has 1 heterocycles. The van der Waals surface area contributed by atoms with Crippen LogP contribution in [0, 0.1) is 5.92 Å². The first-order chi connectivity index (χ1) is 13.1. The predicted octanol–water partition coefficient (Wildman–Crippen LogP) is 4.77. The van der Waals surface area contributed by atoms with Crippen molar-refractivity contribution in [1.29, 1.82) is 0 Å².